The van der Waals surface area contributed by atoms with Crippen molar-refractivity contribution in [3.8, 4) is 0 Å². The third kappa shape index (κ3) is 4.98. The van der Waals surface area contributed by atoms with Crippen LogP contribution < -0.4 is 5.43 Å². The summed E-state index contributed by atoms with van der Waals surface area (Å²) in [6, 6.07) is 5.91. The zero-order valence-electron chi connectivity index (χ0n) is 20.2. The van der Waals surface area contributed by atoms with Crippen LogP contribution in [-0.2, 0) is 6.18 Å². The number of halogens is 3. The van der Waals surface area contributed by atoms with E-state index in [0.29, 0.717) is 56.1 Å². The van der Waals surface area contributed by atoms with Gasteiger partial charge < -0.3 is 15.6 Å². The number of fused-ring (bicyclic) bond motifs is 1. The molecule has 0 radical (unpaired) electrons. The molecule has 0 saturated carbocycles. The molecule has 3 aliphatic rings. The maximum absolute atomic E-state index is 13.5. The molecule has 4 atom stereocenters. The molecule has 0 amide bonds. The highest BCUT2D eigenvalue weighted by molar-refractivity contribution is 5.95. The average molecular weight is 483 g/mol. The minimum absolute atomic E-state index is 0.0934. The van der Waals surface area contributed by atoms with Gasteiger partial charge >= 0.3 is 6.18 Å². The van der Waals surface area contributed by atoms with E-state index < -0.39 is 29.6 Å². The minimum Gasteiger partial charge on any atom is -0.378 e. The number of nitrogens with one attached hydrogen (secondary N) is 1. The maximum Gasteiger partial charge on any atom is 0.416 e. The van der Waals surface area contributed by atoms with Gasteiger partial charge in [-0.1, -0.05) is 39.0 Å². The van der Waals surface area contributed by atoms with E-state index in [9.17, 15) is 23.4 Å². The van der Waals surface area contributed by atoms with E-state index in [0.717, 1.165) is 19.0 Å². The number of hydrazone groups is 1. The third-order valence-electron chi connectivity index (χ3n) is 7.86. The van der Waals surface area contributed by atoms with E-state index in [1.165, 1.54) is 6.07 Å². The van der Waals surface area contributed by atoms with Gasteiger partial charge in [0.2, 0.25) is 0 Å². The Balaban J connectivity index is 1.42. The smallest absolute Gasteiger partial charge is 0.378 e. The molecule has 3 aliphatic heterocycles. The summed E-state index contributed by atoms with van der Waals surface area (Å²) in [5.41, 5.74) is 3.22. The lowest BCUT2D eigenvalue weighted by atomic mass is 9.73. The SMILES string of the molecule is CC(C)CC(O)N1CCC2NN=C(C(O)N3CCC(c4ccccc4C(F)(F)F)CC3)C2(C)C1. The molecule has 3 N–H and O–H groups in total. The number of rotatable bonds is 6. The van der Waals surface area contributed by atoms with Crippen molar-refractivity contribution in [1.29, 1.82) is 0 Å². The summed E-state index contributed by atoms with van der Waals surface area (Å²) in [4.78, 5) is 4.00. The Hall–Kier alpha value is -1.68. The van der Waals surface area contributed by atoms with Crippen molar-refractivity contribution in [3.63, 3.8) is 0 Å². The van der Waals surface area contributed by atoms with Crippen LogP contribution in [0, 0.1) is 11.3 Å². The number of aliphatic hydroxyl groups excluding tert-OH is 2. The first-order chi connectivity index (χ1) is 16.0. The molecule has 4 rings (SSSR count). The number of nitrogens with zero attached hydrogens (tertiary/aromatic N) is 3. The van der Waals surface area contributed by atoms with Crippen molar-refractivity contribution in [2.75, 3.05) is 26.2 Å². The van der Waals surface area contributed by atoms with Gasteiger partial charge in [-0.2, -0.15) is 18.3 Å². The largest absolute Gasteiger partial charge is 0.416 e. The first-order valence-corrected chi connectivity index (χ1v) is 12.3. The van der Waals surface area contributed by atoms with Gasteiger partial charge in [0.05, 0.1) is 17.3 Å². The van der Waals surface area contributed by atoms with Crippen LogP contribution in [0.25, 0.3) is 0 Å². The highest BCUT2D eigenvalue weighted by atomic mass is 19.4. The molecule has 2 fully saturated rings. The fourth-order valence-corrected chi connectivity index (χ4v) is 5.88. The van der Waals surface area contributed by atoms with Gasteiger partial charge in [0, 0.05) is 31.6 Å². The predicted octanol–water partition coefficient (Wildman–Crippen LogP) is 3.61. The summed E-state index contributed by atoms with van der Waals surface area (Å²) in [6.07, 6.45) is -3.19. The van der Waals surface area contributed by atoms with Crippen LogP contribution in [0.5, 0.6) is 0 Å². The maximum atomic E-state index is 13.5. The van der Waals surface area contributed by atoms with Crippen LogP contribution in [0.3, 0.4) is 0 Å². The molecule has 0 aliphatic carbocycles. The second kappa shape index (κ2) is 9.76. The fourth-order valence-electron chi connectivity index (χ4n) is 5.88. The monoisotopic (exact) mass is 482 g/mol. The molecule has 190 valence electrons. The van der Waals surface area contributed by atoms with E-state index in [-0.39, 0.29) is 12.0 Å². The normalized spacial score (nSPS) is 29.0. The fraction of sp³-hybridized carbons (Fsp3) is 0.720. The zero-order valence-corrected chi connectivity index (χ0v) is 20.2. The van der Waals surface area contributed by atoms with Crippen LogP contribution in [0.2, 0.25) is 0 Å². The number of hydrogen-bond donors (Lipinski definition) is 3. The van der Waals surface area contributed by atoms with Crippen LogP contribution in [0.4, 0.5) is 13.2 Å². The Bertz CT molecular complexity index is 885. The molecular weight excluding hydrogens is 445 g/mol. The molecule has 1 aromatic carbocycles. The van der Waals surface area contributed by atoms with E-state index in [1.54, 1.807) is 12.1 Å². The van der Waals surface area contributed by atoms with E-state index in [2.05, 4.69) is 36.2 Å². The number of piperidine rings is 2. The second-order valence-electron chi connectivity index (χ2n) is 10.7. The van der Waals surface area contributed by atoms with Crippen LogP contribution >= 0.6 is 0 Å². The number of benzene rings is 1. The summed E-state index contributed by atoms with van der Waals surface area (Å²) >= 11 is 0. The molecule has 0 bridgehead atoms. The Morgan fingerprint density at radius 2 is 1.74 bits per heavy atom. The average Bonchev–Trinajstić information content (AvgIpc) is 3.13. The summed E-state index contributed by atoms with van der Waals surface area (Å²) in [7, 11) is 0. The number of likely N-dealkylation sites (tertiary alicyclic amines) is 2. The molecule has 0 aromatic heterocycles. The summed E-state index contributed by atoms with van der Waals surface area (Å²) < 4.78 is 40.4. The molecule has 4 unspecified atom stereocenters. The van der Waals surface area contributed by atoms with Gasteiger partial charge in [0.25, 0.3) is 0 Å². The van der Waals surface area contributed by atoms with Gasteiger partial charge in [-0.25, -0.2) is 0 Å². The van der Waals surface area contributed by atoms with Crippen molar-refractivity contribution in [1.82, 2.24) is 15.2 Å². The van der Waals surface area contributed by atoms with Gasteiger partial charge in [-0.3, -0.25) is 9.80 Å². The highest BCUT2D eigenvalue weighted by Gasteiger charge is 2.51. The van der Waals surface area contributed by atoms with E-state index >= 15 is 0 Å². The lowest BCUT2D eigenvalue weighted by Crippen LogP contribution is -2.60. The van der Waals surface area contributed by atoms with E-state index in [4.69, 9.17) is 0 Å². The van der Waals surface area contributed by atoms with Crippen molar-refractivity contribution >= 4 is 5.71 Å². The standard InChI is InChI=1S/C25H37F3N4O2/c1-16(2)14-21(33)32-13-10-20-24(3,15-32)22(30-29-20)23(34)31-11-8-17(9-12-31)18-6-4-5-7-19(18)25(26,27)28/h4-7,16-17,20-21,23,29,33-34H,8-15H2,1-3H3. The molecule has 1 aromatic rings. The Morgan fingerprint density at radius 3 is 2.38 bits per heavy atom. The molecule has 9 heteroatoms. The lowest BCUT2D eigenvalue weighted by Gasteiger charge is -2.46. The predicted molar refractivity (Wildman–Crippen MR) is 125 cm³/mol. The van der Waals surface area contributed by atoms with Gasteiger partial charge in [-0.15, -0.1) is 0 Å². The van der Waals surface area contributed by atoms with Crippen LogP contribution in [0.15, 0.2) is 29.4 Å². The number of hydrogen-bond acceptors (Lipinski definition) is 6. The summed E-state index contributed by atoms with van der Waals surface area (Å²) in [5.74, 6) is 0.189. The van der Waals surface area contributed by atoms with Gasteiger partial charge in [-0.05, 0) is 49.1 Å². The van der Waals surface area contributed by atoms with Crippen LogP contribution in [0.1, 0.15) is 63.5 Å². The van der Waals surface area contributed by atoms with Crippen molar-refractivity contribution in [2.24, 2.45) is 16.4 Å². The van der Waals surface area contributed by atoms with E-state index in [1.807, 2.05) is 4.90 Å². The Morgan fingerprint density at radius 1 is 1.09 bits per heavy atom. The molecule has 2 saturated heterocycles. The summed E-state index contributed by atoms with van der Waals surface area (Å²) in [6.45, 7) is 8.62. The van der Waals surface area contributed by atoms with Gasteiger partial charge in [0.1, 0.15) is 12.5 Å². The molecule has 6 nitrogen and oxygen atoms in total. The van der Waals surface area contributed by atoms with Crippen molar-refractivity contribution in [2.45, 2.75) is 77.0 Å². The topological polar surface area (TPSA) is 71.3 Å². The Kier molecular flexibility index (Phi) is 7.29. The van der Waals surface area contributed by atoms with Gasteiger partial charge in [0.15, 0.2) is 0 Å². The number of aliphatic hydroxyl groups is 2. The highest BCUT2D eigenvalue weighted by Crippen LogP contribution is 2.41. The minimum atomic E-state index is -4.37. The van der Waals surface area contributed by atoms with Crippen LogP contribution in [-0.4, -0.2) is 70.4 Å². The second-order valence-corrected chi connectivity index (χ2v) is 10.7. The first kappa shape index (κ1) is 25.4. The molecule has 0 spiro atoms. The zero-order chi connectivity index (χ0) is 24.7. The molecule has 3 heterocycles. The molecule has 34 heavy (non-hydrogen) atoms. The third-order valence-corrected chi connectivity index (χ3v) is 7.86. The summed E-state index contributed by atoms with van der Waals surface area (Å²) in [5, 5.41) is 26.5. The Labute approximate surface area is 199 Å². The quantitative estimate of drug-likeness (QED) is 0.578. The lowest BCUT2D eigenvalue weighted by molar-refractivity contribution is -0.138. The first-order valence-electron chi connectivity index (χ1n) is 12.3. The molecular formula is C25H37F3N4O2. The number of alkyl halides is 3. The van der Waals surface area contributed by atoms with Crippen molar-refractivity contribution in [3.05, 3.63) is 35.4 Å². The van der Waals surface area contributed by atoms with Crippen molar-refractivity contribution < 1.29 is 23.4 Å².